The molecule has 0 saturated heterocycles. The highest BCUT2D eigenvalue weighted by molar-refractivity contribution is 5.87. The third-order valence-electron chi connectivity index (χ3n) is 2.88. The van der Waals surface area contributed by atoms with Gasteiger partial charge in [-0.2, -0.15) is 13.2 Å². The molecule has 1 aromatic rings. The van der Waals surface area contributed by atoms with E-state index in [1.165, 1.54) is 0 Å². The molecule has 0 aromatic heterocycles. The Bertz CT molecular complexity index is 553. The Morgan fingerprint density at radius 1 is 1.23 bits per heavy atom. The standard InChI is InChI=1S/C13H12F5NO3/c1-6(10-7(14)3-2-4-8(10)15)11(20)19-9(12(21)22)5-13(16,17)18/h2-4,6,9H,5H2,1H3,(H,19,20)(H,21,22). The Balaban J connectivity index is 2.93. The molecule has 1 aromatic carbocycles. The Kier molecular flexibility index (Phi) is 5.45. The van der Waals surface area contributed by atoms with Gasteiger partial charge in [-0.1, -0.05) is 6.07 Å². The quantitative estimate of drug-likeness (QED) is 0.818. The molecule has 0 heterocycles. The summed E-state index contributed by atoms with van der Waals surface area (Å²) < 4.78 is 63.7. The van der Waals surface area contributed by atoms with E-state index in [9.17, 15) is 31.5 Å². The number of rotatable bonds is 5. The number of carboxylic acids is 1. The fraction of sp³-hybridized carbons (Fsp3) is 0.385. The zero-order valence-corrected chi connectivity index (χ0v) is 11.2. The van der Waals surface area contributed by atoms with E-state index in [1.54, 1.807) is 5.32 Å². The van der Waals surface area contributed by atoms with Gasteiger partial charge in [0.1, 0.15) is 17.7 Å². The van der Waals surface area contributed by atoms with Gasteiger partial charge in [-0.05, 0) is 19.1 Å². The van der Waals surface area contributed by atoms with E-state index in [0.717, 1.165) is 25.1 Å². The molecule has 0 radical (unpaired) electrons. The summed E-state index contributed by atoms with van der Waals surface area (Å²) in [5, 5.41) is 10.3. The highest BCUT2D eigenvalue weighted by Crippen LogP contribution is 2.24. The Morgan fingerprint density at radius 3 is 2.14 bits per heavy atom. The lowest BCUT2D eigenvalue weighted by molar-refractivity contribution is -0.160. The summed E-state index contributed by atoms with van der Waals surface area (Å²) in [5.41, 5.74) is -0.642. The lowest BCUT2D eigenvalue weighted by Gasteiger charge is -2.19. The lowest BCUT2D eigenvalue weighted by Crippen LogP contribution is -2.45. The molecule has 0 fully saturated rings. The van der Waals surface area contributed by atoms with Crippen molar-refractivity contribution in [2.24, 2.45) is 0 Å². The first-order valence-corrected chi connectivity index (χ1v) is 6.06. The van der Waals surface area contributed by atoms with Gasteiger partial charge in [0, 0.05) is 5.56 Å². The second-order valence-electron chi connectivity index (χ2n) is 4.58. The van der Waals surface area contributed by atoms with E-state index in [0.29, 0.717) is 0 Å². The first kappa shape index (κ1) is 17.9. The predicted molar refractivity (Wildman–Crippen MR) is 65.0 cm³/mol. The van der Waals surface area contributed by atoms with Crippen LogP contribution in [-0.2, 0) is 9.59 Å². The van der Waals surface area contributed by atoms with Gasteiger partial charge < -0.3 is 10.4 Å². The molecule has 0 saturated carbocycles. The van der Waals surface area contributed by atoms with Crippen molar-refractivity contribution in [3.05, 3.63) is 35.4 Å². The Labute approximate surface area is 121 Å². The van der Waals surface area contributed by atoms with E-state index in [2.05, 4.69) is 0 Å². The van der Waals surface area contributed by atoms with Crippen LogP contribution in [0.5, 0.6) is 0 Å². The van der Waals surface area contributed by atoms with Crippen LogP contribution in [0.1, 0.15) is 24.8 Å². The van der Waals surface area contributed by atoms with Crippen molar-refractivity contribution in [3.63, 3.8) is 0 Å². The molecular formula is C13H12F5NO3. The Morgan fingerprint density at radius 2 is 1.73 bits per heavy atom. The normalized spacial score (nSPS) is 14.3. The van der Waals surface area contributed by atoms with Crippen molar-refractivity contribution in [2.75, 3.05) is 0 Å². The molecule has 0 bridgehead atoms. The van der Waals surface area contributed by atoms with Gasteiger partial charge in [0.05, 0.1) is 12.3 Å². The number of benzene rings is 1. The highest BCUT2D eigenvalue weighted by atomic mass is 19.4. The molecule has 4 nitrogen and oxygen atoms in total. The van der Waals surface area contributed by atoms with Gasteiger partial charge in [0.25, 0.3) is 0 Å². The molecule has 22 heavy (non-hydrogen) atoms. The van der Waals surface area contributed by atoms with E-state index in [1.807, 2.05) is 0 Å². The summed E-state index contributed by atoms with van der Waals surface area (Å²) in [6.07, 6.45) is -6.61. The van der Waals surface area contributed by atoms with Crippen LogP contribution in [0.4, 0.5) is 22.0 Å². The number of hydrogen-bond acceptors (Lipinski definition) is 2. The third-order valence-corrected chi connectivity index (χ3v) is 2.88. The summed E-state index contributed by atoms with van der Waals surface area (Å²) in [5.74, 6) is -6.71. The fourth-order valence-corrected chi connectivity index (χ4v) is 1.78. The van der Waals surface area contributed by atoms with Gasteiger partial charge in [-0.15, -0.1) is 0 Å². The maximum atomic E-state index is 13.5. The van der Waals surface area contributed by atoms with Gasteiger partial charge in [-0.3, -0.25) is 4.79 Å². The fourth-order valence-electron chi connectivity index (χ4n) is 1.78. The van der Waals surface area contributed by atoms with Crippen LogP contribution >= 0.6 is 0 Å². The summed E-state index contributed by atoms with van der Waals surface area (Å²) in [4.78, 5) is 22.5. The van der Waals surface area contributed by atoms with Gasteiger partial charge in [0.2, 0.25) is 5.91 Å². The maximum Gasteiger partial charge on any atom is 0.391 e. The monoisotopic (exact) mass is 325 g/mol. The van der Waals surface area contributed by atoms with Crippen LogP contribution in [0, 0.1) is 11.6 Å². The van der Waals surface area contributed by atoms with Crippen molar-refractivity contribution in [1.29, 1.82) is 0 Å². The number of carbonyl (C=O) groups excluding carboxylic acids is 1. The van der Waals surface area contributed by atoms with E-state index in [-0.39, 0.29) is 0 Å². The number of halogens is 5. The molecule has 0 aliphatic heterocycles. The van der Waals surface area contributed by atoms with Gasteiger partial charge >= 0.3 is 12.1 Å². The third kappa shape index (κ3) is 4.68. The Hall–Kier alpha value is -2.19. The van der Waals surface area contributed by atoms with E-state index < -0.39 is 53.6 Å². The SMILES string of the molecule is CC(C(=O)NC(CC(F)(F)F)C(=O)O)c1c(F)cccc1F. The maximum absolute atomic E-state index is 13.5. The molecular weight excluding hydrogens is 313 g/mol. The summed E-state index contributed by atoms with van der Waals surface area (Å²) in [7, 11) is 0. The van der Waals surface area contributed by atoms with Gasteiger partial charge in [-0.25, -0.2) is 13.6 Å². The topological polar surface area (TPSA) is 66.4 Å². The van der Waals surface area contributed by atoms with Crippen LogP contribution in [0.25, 0.3) is 0 Å². The molecule has 1 amide bonds. The summed E-state index contributed by atoms with van der Waals surface area (Å²) in [6.45, 7) is 1.06. The minimum Gasteiger partial charge on any atom is -0.480 e. The molecule has 0 aliphatic rings. The average Bonchev–Trinajstić information content (AvgIpc) is 2.35. The van der Waals surface area contributed by atoms with Crippen molar-refractivity contribution < 1.29 is 36.6 Å². The number of alkyl halides is 3. The number of hydrogen-bond donors (Lipinski definition) is 2. The van der Waals surface area contributed by atoms with Crippen LogP contribution in [0.2, 0.25) is 0 Å². The second-order valence-corrected chi connectivity index (χ2v) is 4.58. The average molecular weight is 325 g/mol. The van der Waals surface area contributed by atoms with Gasteiger partial charge in [0.15, 0.2) is 0 Å². The molecule has 2 N–H and O–H groups in total. The zero-order chi connectivity index (χ0) is 17.1. The molecule has 1 rings (SSSR count). The zero-order valence-electron chi connectivity index (χ0n) is 11.2. The molecule has 2 unspecified atom stereocenters. The second kappa shape index (κ2) is 6.71. The highest BCUT2D eigenvalue weighted by Gasteiger charge is 2.37. The van der Waals surface area contributed by atoms with Crippen LogP contribution in [0.15, 0.2) is 18.2 Å². The van der Waals surface area contributed by atoms with E-state index >= 15 is 0 Å². The molecule has 2 atom stereocenters. The minimum atomic E-state index is -4.82. The first-order valence-electron chi connectivity index (χ1n) is 6.06. The number of carbonyl (C=O) groups is 2. The van der Waals surface area contributed by atoms with Crippen molar-refractivity contribution >= 4 is 11.9 Å². The smallest absolute Gasteiger partial charge is 0.391 e. The number of aliphatic carboxylic acids is 1. The summed E-state index contributed by atoms with van der Waals surface area (Å²) in [6, 6.07) is 0.589. The van der Waals surface area contributed by atoms with E-state index in [4.69, 9.17) is 5.11 Å². The number of carboxylic acid groups (broad SMARTS) is 1. The summed E-state index contributed by atoms with van der Waals surface area (Å²) >= 11 is 0. The minimum absolute atomic E-state index is 0.642. The number of amides is 1. The van der Waals surface area contributed by atoms with Crippen LogP contribution in [-0.4, -0.2) is 29.2 Å². The molecule has 0 aliphatic carbocycles. The largest absolute Gasteiger partial charge is 0.480 e. The lowest BCUT2D eigenvalue weighted by atomic mass is 9.98. The van der Waals surface area contributed by atoms with Crippen molar-refractivity contribution in [1.82, 2.24) is 5.32 Å². The van der Waals surface area contributed by atoms with Crippen molar-refractivity contribution in [3.8, 4) is 0 Å². The molecule has 0 spiro atoms. The van der Waals surface area contributed by atoms with Crippen molar-refractivity contribution in [2.45, 2.75) is 31.5 Å². The predicted octanol–water partition coefficient (Wildman–Crippen LogP) is 2.59. The first-order chi connectivity index (χ1) is 10.0. The number of nitrogens with one attached hydrogen (secondary N) is 1. The van der Waals surface area contributed by atoms with Crippen LogP contribution < -0.4 is 5.32 Å². The van der Waals surface area contributed by atoms with Crippen LogP contribution in [0.3, 0.4) is 0 Å². The molecule has 122 valence electrons. The molecule has 9 heteroatoms.